The lowest BCUT2D eigenvalue weighted by Gasteiger charge is -2.41. The number of rotatable bonds is 4. The van der Waals surface area contributed by atoms with Crippen LogP contribution in [0.15, 0.2) is 18.3 Å². The highest BCUT2D eigenvalue weighted by atomic mass is 16.2. The fourth-order valence-electron chi connectivity index (χ4n) is 2.81. The Morgan fingerprint density at radius 1 is 1.55 bits per heavy atom. The summed E-state index contributed by atoms with van der Waals surface area (Å²) in [5.74, 6) is 0.884. The van der Waals surface area contributed by atoms with Crippen LogP contribution in [0.5, 0.6) is 0 Å². The summed E-state index contributed by atoms with van der Waals surface area (Å²) in [7, 11) is 0. The highest BCUT2D eigenvalue weighted by Gasteiger charge is 2.49. The van der Waals surface area contributed by atoms with Gasteiger partial charge in [-0.2, -0.15) is 0 Å². The summed E-state index contributed by atoms with van der Waals surface area (Å²) < 4.78 is 0. The lowest BCUT2D eigenvalue weighted by molar-refractivity contribution is -0.119. The number of carbonyl (C=O) groups is 1. The van der Waals surface area contributed by atoms with Gasteiger partial charge in [0.25, 0.3) is 5.91 Å². The van der Waals surface area contributed by atoms with Gasteiger partial charge in [0.2, 0.25) is 0 Å². The third-order valence-electron chi connectivity index (χ3n) is 4.63. The van der Waals surface area contributed by atoms with Crippen LogP contribution in [-0.4, -0.2) is 29.4 Å². The Kier molecular flexibility index (Phi) is 3.64. The number of hydrogen-bond donors (Lipinski definition) is 2. The number of nitrogens with one attached hydrogen (secondary N) is 1. The first-order valence-corrected chi connectivity index (χ1v) is 7.90. The summed E-state index contributed by atoms with van der Waals surface area (Å²) in [6, 6.07) is 3.71. The van der Waals surface area contributed by atoms with Crippen LogP contribution in [0.2, 0.25) is 0 Å². The molecule has 1 aliphatic carbocycles. The van der Waals surface area contributed by atoms with Gasteiger partial charge >= 0.3 is 0 Å². The quantitative estimate of drug-likeness (QED) is 0.658. The highest BCUT2D eigenvalue weighted by molar-refractivity contribution is 6.14. The zero-order valence-corrected chi connectivity index (χ0v) is 13.2. The van der Waals surface area contributed by atoms with Gasteiger partial charge in [-0.3, -0.25) is 15.1 Å². The molecule has 1 fully saturated rings. The Morgan fingerprint density at radius 2 is 2.27 bits per heavy atom. The van der Waals surface area contributed by atoms with Crippen LogP contribution in [-0.2, 0) is 4.79 Å². The number of carbonyl (C=O) groups excluding carboxylic acids is 1. The van der Waals surface area contributed by atoms with E-state index in [0.717, 1.165) is 31.4 Å². The average molecular weight is 301 g/mol. The fourth-order valence-corrected chi connectivity index (χ4v) is 2.81. The van der Waals surface area contributed by atoms with Gasteiger partial charge in [0.1, 0.15) is 5.84 Å². The smallest absolute Gasteiger partial charge is 0.265 e. The zero-order valence-electron chi connectivity index (χ0n) is 13.2. The summed E-state index contributed by atoms with van der Waals surface area (Å²) in [5, 5.41) is 8.49. The molecule has 22 heavy (non-hydrogen) atoms. The molecule has 1 aromatic rings. The number of amides is 1. The van der Waals surface area contributed by atoms with Gasteiger partial charge in [-0.15, -0.1) is 0 Å². The van der Waals surface area contributed by atoms with E-state index in [2.05, 4.69) is 11.9 Å². The van der Waals surface area contributed by atoms with Crippen LogP contribution in [0.3, 0.4) is 0 Å². The van der Waals surface area contributed by atoms with E-state index in [-0.39, 0.29) is 11.3 Å². The first kappa shape index (κ1) is 15.0. The molecule has 1 aliphatic heterocycles. The van der Waals surface area contributed by atoms with E-state index in [4.69, 9.17) is 11.1 Å². The second-order valence-corrected chi connectivity index (χ2v) is 6.41. The maximum atomic E-state index is 12.7. The molecule has 1 aromatic heterocycles. The minimum Gasteiger partial charge on any atom is -0.306 e. The van der Waals surface area contributed by atoms with Crippen LogP contribution in [0.4, 0.5) is 11.5 Å². The van der Waals surface area contributed by atoms with Gasteiger partial charge in [-0.25, -0.2) is 4.98 Å². The Hall–Kier alpha value is -1.95. The summed E-state index contributed by atoms with van der Waals surface area (Å²) in [5.41, 5.74) is 6.77. The molecule has 1 atom stereocenters. The Bertz CT molecular complexity index is 610. The molecule has 1 saturated carbocycles. The number of nitrogens with two attached hydrogens (primary N) is 1. The molecule has 0 radical (unpaired) electrons. The third-order valence-corrected chi connectivity index (χ3v) is 4.63. The van der Waals surface area contributed by atoms with E-state index in [1.54, 1.807) is 16.0 Å². The van der Waals surface area contributed by atoms with Crippen molar-refractivity contribution in [3.05, 3.63) is 18.3 Å². The number of unbranched alkanes of at least 4 members (excludes halogenated alkanes) is 1. The van der Waals surface area contributed by atoms with Crippen molar-refractivity contribution in [1.82, 2.24) is 4.98 Å². The first-order chi connectivity index (χ1) is 10.5. The minimum atomic E-state index is -0.857. The summed E-state index contributed by atoms with van der Waals surface area (Å²) in [6.45, 7) is 4.77. The van der Waals surface area contributed by atoms with Crippen molar-refractivity contribution in [2.45, 2.75) is 45.7 Å². The number of hydrogen-bond acceptors (Lipinski definition) is 4. The van der Waals surface area contributed by atoms with Crippen LogP contribution >= 0.6 is 0 Å². The van der Waals surface area contributed by atoms with E-state index in [0.29, 0.717) is 18.2 Å². The van der Waals surface area contributed by atoms with Crippen molar-refractivity contribution in [3.8, 4) is 0 Å². The molecule has 2 aliphatic rings. The van der Waals surface area contributed by atoms with E-state index in [9.17, 15) is 4.79 Å². The Labute approximate surface area is 130 Å². The minimum absolute atomic E-state index is 0.150. The molecule has 0 spiro atoms. The molecular formula is C16H23N5O. The monoisotopic (exact) mass is 301 g/mol. The van der Waals surface area contributed by atoms with E-state index in [1.165, 1.54) is 0 Å². The van der Waals surface area contributed by atoms with Crippen LogP contribution in [0.1, 0.15) is 39.5 Å². The molecule has 0 aromatic carbocycles. The summed E-state index contributed by atoms with van der Waals surface area (Å²) >= 11 is 0. The van der Waals surface area contributed by atoms with E-state index in [1.807, 2.05) is 19.1 Å². The predicted molar refractivity (Wildman–Crippen MR) is 87.0 cm³/mol. The number of amidine groups is 1. The second-order valence-electron chi connectivity index (χ2n) is 6.41. The molecule has 2 heterocycles. The van der Waals surface area contributed by atoms with Crippen molar-refractivity contribution >= 4 is 23.2 Å². The standard InChI is InChI=1S/C16H23N5O/c1-3-4-10-20-11-6-5-9-19-13(11)21(12(17)14(20)22)15(18)16(2)7-8-16/h5-6,9,12,18H,3-4,7-8,10,17H2,1-2H3. The Morgan fingerprint density at radius 3 is 2.91 bits per heavy atom. The van der Waals surface area contributed by atoms with Gasteiger partial charge in [0, 0.05) is 18.2 Å². The Balaban J connectivity index is 2.01. The molecule has 6 nitrogen and oxygen atoms in total. The molecule has 118 valence electrons. The van der Waals surface area contributed by atoms with Crippen molar-refractivity contribution < 1.29 is 4.79 Å². The number of nitrogens with zero attached hydrogens (tertiary/aromatic N) is 3. The van der Waals surface area contributed by atoms with Crippen LogP contribution in [0.25, 0.3) is 0 Å². The van der Waals surface area contributed by atoms with Crippen LogP contribution < -0.4 is 15.5 Å². The van der Waals surface area contributed by atoms with Gasteiger partial charge in [-0.1, -0.05) is 20.3 Å². The van der Waals surface area contributed by atoms with Crippen molar-refractivity contribution in [1.29, 1.82) is 5.41 Å². The van der Waals surface area contributed by atoms with Gasteiger partial charge < -0.3 is 10.6 Å². The molecule has 0 bridgehead atoms. The molecule has 0 saturated heterocycles. The third kappa shape index (κ3) is 2.27. The second kappa shape index (κ2) is 5.35. The fraction of sp³-hybridized carbons (Fsp3) is 0.562. The van der Waals surface area contributed by atoms with Gasteiger partial charge in [-0.05, 0) is 31.4 Å². The highest BCUT2D eigenvalue weighted by Crippen LogP contribution is 2.48. The topological polar surface area (TPSA) is 86.3 Å². The average Bonchev–Trinajstić information content (AvgIpc) is 3.27. The van der Waals surface area contributed by atoms with Crippen molar-refractivity contribution in [2.24, 2.45) is 11.1 Å². The van der Waals surface area contributed by atoms with Gasteiger partial charge in [0.15, 0.2) is 12.0 Å². The van der Waals surface area contributed by atoms with E-state index >= 15 is 0 Å². The first-order valence-electron chi connectivity index (χ1n) is 7.90. The number of anilines is 2. The summed E-state index contributed by atoms with van der Waals surface area (Å²) in [4.78, 5) is 20.4. The zero-order chi connectivity index (χ0) is 15.9. The molecule has 1 unspecified atom stereocenters. The van der Waals surface area contributed by atoms with E-state index < -0.39 is 6.17 Å². The molecular weight excluding hydrogens is 278 g/mol. The molecule has 3 N–H and O–H groups in total. The van der Waals surface area contributed by atoms with Crippen molar-refractivity contribution in [3.63, 3.8) is 0 Å². The maximum absolute atomic E-state index is 12.7. The number of pyridine rings is 1. The van der Waals surface area contributed by atoms with Crippen LogP contribution in [0, 0.1) is 10.8 Å². The predicted octanol–water partition coefficient (Wildman–Crippen LogP) is 2.10. The molecule has 1 amide bonds. The number of aromatic nitrogens is 1. The number of fused-ring (bicyclic) bond motifs is 1. The largest absolute Gasteiger partial charge is 0.306 e. The lowest BCUT2D eigenvalue weighted by Crippen LogP contribution is -2.61. The summed E-state index contributed by atoms with van der Waals surface area (Å²) in [6.07, 6.45) is 4.68. The molecule has 6 heteroatoms. The lowest BCUT2D eigenvalue weighted by atomic mass is 10.1. The van der Waals surface area contributed by atoms with Crippen molar-refractivity contribution in [2.75, 3.05) is 16.3 Å². The maximum Gasteiger partial charge on any atom is 0.265 e. The SMILES string of the molecule is CCCCN1C(=O)C(N)N(C(=N)C2(C)CC2)c2ncccc21. The molecule has 3 rings (SSSR count). The normalized spacial score (nSPS) is 22.5. The van der Waals surface area contributed by atoms with Gasteiger partial charge in [0.05, 0.1) is 5.69 Å².